The summed E-state index contributed by atoms with van der Waals surface area (Å²) in [7, 11) is 4.12. The molecule has 26 heavy (non-hydrogen) atoms. The standard InChI is InChI=1S/C19H36N6O/c1-6-20-19(21-9-7-8-10-23(4)16(2)3)25-11-12-26-18(15-25)17-13-22-24(5)14-17/h13-14,16,18H,6-12,15H2,1-5H3,(H,20,21). The maximum absolute atomic E-state index is 5.94. The fourth-order valence-corrected chi connectivity index (χ4v) is 2.99. The smallest absolute Gasteiger partial charge is 0.194 e. The summed E-state index contributed by atoms with van der Waals surface area (Å²) < 4.78 is 7.77. The van der Waals surface area contributed by atoms with Gasteiger partial charge in [-0.15, -0.1) is 0 Å². The maximum atomic E-state index is 5.94. The van der Waals surface area contributed by atoms with Crippen LogP contribution in [-0.2, 0) is 11.8 Å². The van der Waals surface area contributed by atoms with Gasteiger partial charge in [0.15, 0.2) is 5.96 Å². The van der Waals surface area contributed by atoms with E-state index in [1.54, 1.807) is 0 Å². The number of aromatic nitrogens is 2. The van der Waals surface area contributed by atoms with E-state index < -0.39 is 0 Å². The minimum atomic E-state index is 0.0565. The molecule has 0 spiro atoms. The van der Waals surface area contributed by atoms with Crippen LogP contribution in [-0.4, -0.2) is 78.0 Å². The fourth-order valence-electron chi connectivity index (χ4n) is 2.99. The van der Waals surface area contributed by atoms with Gasteiger partial charge >= 0.3 is 0 Å². The molecule has 0 saturated carbocycles. The number of ether oxygens (including phenoxy) is 1. The molecule has 2 rings (SSSR count). The summed E-state index contributed by atoms with van der Waals surface area (Å²) in [5.41, 5.74) is 1.13. The number of hydrogen-bond donors (Lipinski definition) is 1. The largest absolute Gasteiger partial charge is 0.370 e. The lowest BCUT2D eigenvalue weighted by atomic mass is 10.1. The van der Waals surface area contributed by atoms with E-state index in [-0.39, 0.29) is 6.10 Å². The average molecular weight is 365 g/mol. The molecule has 1 fully saturated rings. The third-order valence-electron chi connectivity index (χ3n) is 4.86. The van der Waals surface area contributed by atoms with Gasteiger partial charge < -0.3 is 19.9 Å². The zero-order chi connectivity index (χ0) is 18.9. The van der Waals surface area contributed by atoms with Crippen LogP contribution < -0.4 is 5.32 Å². The molecule has 148 valence electrons. The predicted molar refractivity (Wildman–Crippen MR) is 106 cm³/mol. The summed E-state index contributed by atoms with van der Waals surface area (Å²) in [6.07, 6.45) is 6.27. The maximum Gasteiger partial charge on any atom is 0.194 e. The molecule has 1 aromatic heterocycles. The number of nitrogens with one attached hydrogen (secondary N) is 1. The van der Waals surface area contributed by atoms with Crippen molar-refractivity contribution in [1.29, 1.82) is 0 Å². The van der Waals surface area contributed by atoms with Gasteiger partial charge in [0.2, 0.25) is 0 Å². The second kappa shape index (κ2) is 10.5. The first-order chi connectivity index (χ1) is 12.5. The molecule has 1 aliphatic heterocycles. The Bertz CT molecular complexity index is 556. The summed E-state index contributed by atoms with van der Waals surface area (Å²) in [6.45, 7) is 11.9. The first-order valence-corrected chi connectivity index (χ1v) is 9.85. The summed E-state index contributed by atoms with van der Waals surface area (Å²) >= 11 is 0. The Labute approximate surface area is 158 Å². The quantitative estimate of drug-likeness (QED) is 0.434. The van der Waals surface area contributed by atoms with Gasteiger partial charge in [-0.1, -0.05) is 0 Å². The van der Waals surface area contributed by atoms with Crippen LogP contribution in [0.15, 0.2) is 17.4 Å². The molecular formula is C19H36N6O. The highest BCUT2D eigenvalue weighted by Gasteiger charge is 2.25. The Kier molecular flexibility index (Phi) is 8.38. The third kappa shape index (κ3) is 6.29. The van der Waals surface area contributed by atoms with Crippen LogP contribution in [0.25, 0.3) is 0 Å². The highest BCUT2D eigenvalue weighted by atomic mass is 16.5. The number of guanidine groups is 1. The molecule has 1 aliphatic rings. The molecule has 1 atom stereocenters. The minimum absolute atomic E-state index is 0.0565. The van der Waals surface area contributed by atoms with Crippen molar-refractivity contribution < 1.29 is 4.74 Å². The van der Waals surface area contributed by atoms with Crippen molar-refractivity contribution in [3.05, 3.63) is 18.0 Å². The monoisotopic (exact) mass is 364 g/mol. The molecular weight excluding hydrogens is 328 g/mol. The topological polar surface area (TPSA) is 57.9 Å². The van der Waals surface area contributed by atoms with E-state index in [9.17, 15) is 0 Å². The van der Waals surface area contributed by atoms with Gasteiger partial charge in [0.05, 0.1) is 19.3 Å². The Hall–Kier alpha value is -1.60. The Balaban J connectivity index is 1.86. The number of rotatable bonds is 8. The summed E-state index contributed by atoms with van der Waals surface area (Å²) in [5.74, 6) is 1.00. The summed E-state index contributed by atoms with van der Waals surface area (Å²) in [4.78, 5) is 9.54. The molecule has 1 unspecified atom stereocenters. The molecule has 7 nitrogen and oxygen atoms in total. The molecule has 2 heterocycles. The summed E-state index contributed by atoms with van der Waals surface area (Å²) in [6, 6.07) is 0.605. The minimum Gasteiger partial charge on any atom is -0.370 e. The molecule has 1 saturated heterocycles. The van der Waals surface area contributed by atoms with E-state index in [0.717, 1.165) is 50.7 Å². The highest BCUT2D eigenvalue weighted by Crippen LogP contribution is 2.21. The molecule has 1 aromatic rings. The number of unbranched alkanes of at least 4 members (excludes halogenated alkanes) is 1. The van der Waals surface area contributed by atoms with Crippen molar-refractivity contribution in [3.8, 4) is 0 Å². The van der Waals surface area contributed by atoms with E-state index >= 15 is 0 Å². The zero-order valence-electron chi connectivity index (χ0n) is 17.1. The molecule has 0 radical (unpaired) electrons. The van der Waals surface area contributed by atoms with Crippen LogP contribution in [0.4, 0.5) is 0 Å². The number of aliphatic imine (C=N–C) groups is 1. The van der Waals surface area contributed by atoms with E-state index in [4.69, 9.17) is 9.73 Å². The molecule has 7 heteroatoms. The molecule has 0 bridgehead atoms. The van der Waals surface area contributed by atoms with E-state index in [1.165, 1.54) is 6.42 Å². The van der Waals surface area contributed by atoms with Crippen LogP contribution in [0.3, 0.4) is 0 Å². The van der Waals surface area contributed by atoms with Gasteiger partial charge in [0.1, 0.15) is 6.10 Å². The molecule has 0 amide bonds. The second-order valence-corrected chi connectivity index (χ2v) is 7.27. The van der Waals surface area contributed by atoms with Gasteiger partial charge in [-0.2, -0.15) is 5.10 Å². The van der Waals surface area contributed by atoms with Crippen LogP contribution in [0.5, 0.6) is 0 Å². The van der Waals surface area contributed by atoms with Crippen molar-refractivity contribution in [2.75, 3.05) is 46.4 Å². The number of hydrogen-bond acceptors (Lipinski definition) is 4. The van der Waals surface area contributed by atoms with Crippen LogP contribution in [0, 0.1) is 0 Å². The van der Waals surface area contributed by atoms with Crippen LogP contribution in [0.2, 0.25) is 0 Å². The van der Waals surface area contributed by atoms with Crippen molar-refractivity contribution in [3.63, 3.8) is 0 Å². The van der Waals surface area contributed by atoms with E-state index in [1.807, 2.05) is 24.1 Å². The Morgan fingerprint density at radius 3 is 2.92 bits per heavy atom. The van der Waals surface area contributed by atoms with Crippen molar-refractivity contribution >= 4 is 5.96 Å². The van der Waals surface area contributed by atoms with Crippen molar-refractivity contribution in [2.24, 2.45) is 12.0 Å². The van der Waals surface area contributed by atoms with E-state index in [0.29, 0.717) is 12.6 Å². The van der Waals surface area contributed by atoms with Gasteiger partial charge in [0.25, 0.3) is 0 Å². The van der Waals surface area contributed by atoms with Gasteiger partial charge in [-0.05, 0) is 47.2 Å². The van der Waals surface area contributed by atoms with Gasteiger partial charge in [-0.25, -0.2) is 0 Å². The average Bonchev–Trinajstić information content (AvgIpc) is 3.07. The van der Waals surface area contributed by atoms with Crippen molar-refractivity contribution in [1.82, 2.24) is 24.9 Å². The lowest BCUT2D eigenvalue weighted by molar-refractivity contribution is -0.00804. The molecule has 0 aromatic carbocycles. The zero-order valence-corrected chi connectivity index (χ0v) is 17.1. The number of nitrogens with zero attached hydrogens (tertiary/aromatic N) is 5. The second-order valence-electron chi connectivity index (χ2n) is 7.27. The van der Waals surface area contributed by atoms with Gasteiger partial charge in [-0.3, -0.25) is 9.67 Å². The first-order valence-electron chi connectivity index (χ1n) is 9.85. The highest BCUT2D eigenvalue weighted by molar-refractivity contribution is 5.80. The lowest BCUT2D eigenvalue weighted by Gasteiger charge is -2.34. The lowest BCUT2D eigenvalue weighted by Crippen LogP contribution is -2.48. The van der Waals surface area contributed by atoms with Crippen LogP contribution >= 0.6 is 0 Å². The number of morpholine rings is 1. The SMILES string of the molecule is CCNC(=NCCCCN(C)C(C)C)N1CCOC(c2cnn(C)c2)C1. The third-order valence-corrected chi connectivity index (χ3v) is 4.86. The number of aryl methyl sites for hydroxylation is 1. The molecule has 0 aliphatic carbocycles. The van der Waals surface area contributed by atoms with E-state index in [2.05, 4.69) is 48.0 Å². The van der Waals surface area contributed by atoms with Gasteiger partial charge in [0, 0.05) is 44.5 Å². The fraction of sp³-hybridized carbons (Fsp3) is 0.789. The first kappa shape index (κ1) is 20.7. The predicted octanol–water partition coefficient (Wildman–Crippen LogP) is 1.88. The summed E-state index contributed by atoms with van der Waals surface area (Å²) in [5, 5.41) is 7.70. The Morgan fingerprint density at radius 2 is 2.27 bits per heavy atom. The molecule has 1 N–H and O–H groups in total. The Morgan fingerprint density at radius 1 is 1.46 bits per heavy atom. The van der Waals surface area contributed by atoms with Crippen LogP contribution in [0.1, 0.15) is 45.3 Å². The van der Waals surface area contributed by atoms with Crippen molar-refractivity contribution in [2.45, 2.75) is 45.8 Å². The normalized spacial score (nSPS) is 18.8.